The van der Waals surface area contributed by atoms with E-state index in [1.165, 1.54) is 0 Å². The number of hydrogen-bond donors (Lipinski definition) is 2. The maximum absolute atomic E-state index is 12.6. The molecule has 2 atom stereocenters. The van der Waals surface area contributed by atoms with Crippen LogP contribution in [-0.2, 0) is 9.59 Å². The molecule has 0 saturated carbocycles. The molecule has 162 valence electrons. The van der Waals surface area contributed by atoms with Crippen molar-refractivity contribution in [2.75, 3.05) is 26.3 Å². The zero-order valence-corrected chi connectivity index (χ0v) is 17.4. The third-order valence-electron chi connectivity index (χ3n) is 6.07. The van der Waals surface area contributed by atoms with Gasteiger partial charge in [0.25, 0.3) is 11.8 Å². The van der Waals surface area contributed by atoms with E-state index in [0.717, 1.165) is 47.9 Å². The zero-order chi connectivity index (χ0) is 21.3. The van der Waals surface area contributed by atoms with Crippen LogP contribution in [0.1, 0.15) is 51.1 Å². The first-order chi connectivity index (χ1) is 14.4. The number of ether oxygens (including phenoxy) is 2. The predicted molar refractivity (Wildman–Crippen MR) is 108 cm³/mol. The molecule has 0 unspecified atom stereocenters. The van der Waals surface area contributed by atoms with Gasteiger partial charge in [-0.2, -0.15) is 5.01 Å². The van der Waals surface area contributed by atoms with Crippen LogP contribution in [0.25, 0.3) is 0 Å². The van der Waals surface area contributed by atoms with Crippen LogP contribution in [0.3, 0.4) is 0 Å². The zero-order valence-electron chi connectivity index (χ0n) is 17.4. The number of benzene rings is 1. The summed E-state index contributed by atoms with van der Waals surface area (Å²) in [6, 6.07) is 5.39. The SMILES string of the molecule is CC[C@@]1(C)NC(=O)N(NC(=O)CN2CCC[C@H]2c2ccc3c(c2)OCCCO3)C1=O. The van der Waals surface area contributed by atoms with Gasteiger partial charge in [0.2, 0.25) is 0 Å². The fraction of sp³-hybridized carbons (Fsp3) is 0.571. The van der Waals surface area contributed by atoms with Crippen LogP contribution in [0.4, 0.5) is 4.79 Å². The molecule has 2 N–H and O–H groups in total. The van der Waals surface area contributed by atoms with Crippen LogP contribution in [0.2, 0.25) is 0 Å². The number of urea groups is 1. The maximum Gasteiger partial charge on any atom is 0.344 e. The lowest BCUT2D eigenvalue weighted by Gasteiger charge is -2.26. The highest BCUT2D eigenvalue weighted by atomic mass is 16.5. The van der Waals surface area contributed by atoms with Crippen LogP contribution in [0.15, 0.2) is 18.2 Å². The first-order valence-electron chi connectivity index (χ1n) is 10.5. The van der Waals surface area contributed by atoms with Crippen molar-refractivity contribution in [1.82, 2.24) is 20.7 Å². The van der Waals surface area contributed by atoms with E-state index >= 15 is 0 Å². The number of rotatable bonds is 5. The smallest absolute Gasteiger partial charge is 0.344 e. The molecule has 2 fully saturated rings. The summed E-state index contributed by atoms with van der Waals surface area (Å²) >= 11 is 0. The minimum Gasteiger partial charge on any atom is -0.490 e. The van der Waals surface area contributed by atoms with E-state index in [2.05, 4.69) is 15.6 Å². The molecule has 4 amide bonds. The Labute approximate surface area is 175 Å². The Bertz CT molecular complexity index is 860. The van der Waals surface area contributed by atoms with Gasteiger partial charge in [0.1, 0.15) is 5.54 Å². The van der Waals surface area contributed by atoms with E-state index in [1.54, 1.807) is 6.92 Å². The second-order valence-electron chi connectivity index (χ2n) is 8.18. The number of hydrogen-bond acceptors (Lipinski definition) is 6. The van der Waals surface area contributed by atoms with Crippen molar-refractivity contribution >= 4 is 17.8 Å². The molecule has 0 aliphatic carbocycles. The molecule has 3 heterocycles. The molecule has 3 aliphatic rings. The molecule has 4 rings (SSSR count). The van der Waals surface area contributed by atoms with E-state index < -0.39 is 17.5 Å². The summed E-state index contributed by atoms with van der Waals surface area (Å²) < 4.78 is 11.5. The van der Waals surface area contributed by atoms with Crippen molar-refractivity contribution in [3.8, 4) is 11.5 Å². The van der Waals surface area contributed by atoms with Crippen molar-refractivity contribution < 1.29 is 23.9 Å². The Morgan fingerprint density at radius 3 is 2.73 bits per heavy atom. The number of amides is 4. The maximum atomic E-state index is 12.6. The summed E-state index contributed by atoms with van der Waals surface area (Å²) in [6.45, 7) is 5.59. The first-order valence-corrected chi connectivity index (χ1v) is 10.5. The number of hydrazine groups is 1. The number of imide groups is 1. The molecule has 9 nitrogen and oxygen atoms in total. The lowest BCUT2D eigenvalue weighted by Crippen LogP contribution is -2.51. The summed E-state index contributed by atoms with van der Waals surface area (Å²) in [7, 11) is 0. The summed E-state index contributed by atoms with van der Waals surface area (Å²) in [5, 5.41) is 3.43. The Kier molecular flexibility index (Phi) is 5.55. The second-order valence-corrected chi connectivity index (χ2v) is 8.18. The largest absolute Gasteiger partial charge is 0.490 e. The van der Waals surface area contributed by atoms with E-state index in [1.807, 2.05) is 25.1 Å². The fourth-order valence-corrected chi connectivity index (χ4v) is 4.15. The van der Waals surface area contributed by atoms with E-state index in [-0.39, 0.29) is 18.5 Å². The van der Waals surface area contributed by atoms with Crippen LogP contribution in [0.5, 0.6) is 11.5 Å². The number of nitrogens with one attached hydrogen (secondary N) is 2. The Morgan fingerprint density at radius 1 is 1.23 bits per heavy atom. The summed E-state index contributed by atoms with van der Waals surface area (Å²) in [5.74, 6) is 0.653. The highest BCUT2D eigenvalue weighted by Gasteiger charge is 2.47. The third-order valence-corrected chi connectivity index (χ3v) is 6.07. The molecular weight excluding hydrogens is 388 g/mol. The number of carbonyl (C=O) groups is 3. The molecule has 0 spiro atoms. The van der Waals surface area contributed by atoms with Crippen LogP contribution < -0.4 is 20.2 Å². The first kappa shape index (κ1) is 20.5. The molecule has 2 saturated heterocycles. The van der Waals surface area contributed by atoms with Gasteiger partial charge in [0.15, 0.2) is 11.5 Å². The lowest BCUT2D eigenvalue weighted by molar-refractivity contribution is -0.139. The van der Waals surface area contributed by atoms with Gasteiger partial charge in [0, 0.05) is 12.5 Å². The molecule has 1 aromatic carbocycles. The van der Waals surface area contributed by atoms with Crippen LogP contribution in [0, 0.1) is 0 Å². The van der Waals surface area contributed by atoms with Crippen molar-refractivity contribution in [1.29, 1.82) is 0 Å². The average molecular weight is 416 g/mol. The van der Waals surface area contributed by atoms with Gasteiger partial charge in [-0.05, 0) is 50.4 Å². The van der Waals surface area contributed by atoms with Gasteiger partial charge >= 0.3 is 6.03 Å². The standard InChI is InChI=1S/C21H28N4O5/c1-3-21(2)19(27)25(20(28)22-21)23-18(26)13-24-9-4-6-15(24)14-7-8-16-17(12-14)30-11-5-10-29-16/h7-8,12,15H,3-6,9-11,13H2,1-2H3,(H,22,28)(H,23,26)/t15-,21+/m0/s1. The van der Waals surface area contributed by atoms with E-state index in [4.69, 9.17) is 9.47 Å². The van der Waals surface area contributed by atoms with Gasteiger partial charge in [-0.15, -0.1) is 0 Å². The fourth-order valence-electron chi connectivity index (χ4n) is 4.15. The van der Waals surface area contributed by atoms with Crippen LogP contribution in [-0.4, -0.2) is 59.6 Å². The second kappa shape index (κ2) is 8.14. The molecule has 0 bridgehead atoms. The molecule has 30 heavy (non-hydrogen) atoms. The van der Waals surface area contributed by atoms with Gasteiger partial charge in [0.05, 0.1) is 19.8 Å². The summed E-state index contributed by atoms with van der Waals surface area (Å²) in [4.78, 5) is 39.3. The predicted octanol–water partition coefficient (Wildman–Crippen LogP) is 1.74. The van der Waals surface area contributed by atoms with Crippen LogP contribution >= 0.6 is 0 Å². The highest BCUT2D eigenvalue weighted by molar-refractivity contribution is 6.07. The molecule has 3 aliphatic heterocycles. The van der Waals surface area contributed by atoms with Gasteiger partial charge in [-0.1, -0.05) is 13.0 Å². The summed E-state index contributed by atoms with van der Waals surface area (Å²) in [6.07, 6.45) is 3.18. The molecular formula is C21H28N4O5. The molecule has 9 heteroatoms. The highest BCUT2D eigenvalue weighted by Crippen LogP contribution is 2.37. The molecule has 1 aromatic rings. The van der Waals surface area contributed by atoms with Crippen molar-refractivity contribution in [3.63, 3.8) is 0 Å². The summed E-state index contributed by atoms with van der Waals surface area (Å²) in [5.41, 5.74) is 2.56. The number of carbonyl (C=O) groups excluding carboxylic acids is 3. The van der Waals surface area contributed by atoms with Gasteiger partial charge in [-0.3, -0.25) is 19.9 Å². The average Bonchev–Trinajstić information content (AvgIpc) is 3.16. The quantitative estimate of drug-likeness (QED) is 0.710. The minimum absolute atomic E-state index is 0.0666. The van der Waals surface area contributed by atoms with E-state index in [0.29, 0.717) is 19.6 Å². The van der Waals surface area contributed by atoms with Crippen molar-refractivity contribution in [2.24, 2.45) is 0 Å². The van der Waals surface area contributed by atoms with Gasteiger partial charge in [-0.25, -0.2) is 4.79 Å². The lowest BCUT2D eigenvalue weighted by atomic mass is 10.00. The number of likely N-dealkylation sites (tertiary alicyclic amines) is 1. The number of nitrogens with zero attached hydrogens (tertiary/aromatic N) is 2. The van der Waals surface area contributed by atoms with E-state index in [9.17, 15) is 14.4 Å². The minimum atomic E-state index is -0.982. The third kappa shape index (κ3) is 3.81. The van der Waals surface area contributed by atoms with Crippen molar-refractivity contribution in [2.45, 2.75) is 51.1 Å². The van der Waals surface area contributed by atoms with Gasteiger partial charge < -0.3 is 14.8 Å². The normalized spacial score (nSPS) is 26.5. The van der Waals surface area contributed by atoms with Crippen molar-refractivity contribution in [3.05, 3.63) is 23.8 Å². The monoisotopic (exact) mass is 416 g/mol. The number of fused-ring (bicyclic) bond motifs is 1. The molecule has 0 aromatic heterocycles. The molecule has 0 radical (unpaired) electrons. The Hall–Kier alpha value is -2.81. The Morgan fingerprint density at radius 2 is 2.00 bits per heavy atom. The topological polar surface area (TPSA) is 100 Å². The Balaban J connectivity index is 1.42.